The van der Waals surface area contributed by atoms with Crippen LogP contribution in [0, 0.1) is 0 Å². The third kappa shape index (κ3) is 3.26. The van der Waals surface area contributed by atoms with Crippen LogP contribution in [0.1, 0.15) is 0 Å². The zero-order valence-corrected chi connectivity index (χ0v) is 24.3. The molecule has 0 amide bonds. The van der Waals surface area contributed by atoms with E-state index in [-0.39, 0.29) is 0 Å². The van der Waals surface area contributed by atoms with Crippen molar-refractivity contribution < 1.29 is 0 Å². The highest BCUT2D eigenvalue weighted by molar-refractivity contribution is 7.26. The molecule has 0 atom stereocenters. The maximum Gasteiger partial charge on any atom is 0.116 e. The molecular weight excluding hydrogens is 555 g/mol. The SMILES string of the molecule is c1cc(-c2ccc3c4ccccc4c4ccccc4c3c2)cc(-n2c3ccccc3c3ccc4c5ncncc5sc4c32)c1. The summed E-state index contributed by atoms with van der Waals surface area (Å²) in [5.74, 6) is 0. The average molecular weight is 578 g/mol. The molecule has 0 saturated carbocycles. The first-order chi connectivity index (χ1) is 21.8. The largest absolute Gasteiger partial charge is 0.308 e. The molecule has 10 rings (SSSR count). The van der Waals surface area contributed by atoms with Crippen LogP contribution in [-0.2, 0) is 0 Å². The number of rotatable bonds is 2. The van der Waals surface area contributed by atoms with Gasteiger partial charge in [-0.25, -0.2) is 9.97 Å². The van der Waals surface area contributed by atoms with Gasteiger partial charge in [0, 0.05) is 28.0 Å². The third-order valence-electron chi connectivity index (χ3n) is 9.12. The first kappa shape index (κ1) is 23.9. The number of para-hydroxylation sites is 1. The van der Waals surface area contributed by atoms with Gasteiger partial charge in [0.15, 0.2) is 0 Å². The van der Waals surface area contributed by atoms with Crippen LogP contribution in [0.15, 0.2) is 140 Å². The van der Waals surface area contributed by atoms with E-state index in [1.165, 1.54) is 75.3 Å². The van der Waals surface area contributed by atoms with Crippen LogP contribution in [0.5, 0.6) is 0 Å². The summed E-state index contributed by atoms with van der Waals surface area (Å²) in [5, 5.41) is 11.4. The maximum atomic E-state index is 4.64. The molecule has 3 nitrogen and oxygen atoms in total. The lowest BCUT2D eigenvalue weighted by molar-refractivity contribution is 1.19. The van der Waals surface area contributed by atoms with Crippen LogP contribution in [0.4, 0.5) is 0 Å². The molecule has 0 unspecified atom stereocenters. The number of nitrogens with zero attached hydrogens (tertiary/aromatic N) is 3. The average Bonchev–Trinajstić information content (AvgIpc) is 3.64. The van der Waals surface area contributed by atoms with Crippen molar-refractivity contribution in [1.29, 1.82) is 0 Å². The van der Waals surface area contributed by atoms with Gasteiger partial charge in [-0.2, -0.15) is 0 Å². The first-order valence-electron chi connectivity index (χ1n) is 14.8. The molecular formula is C40H23N3S. The summed E-state index contributed by atoms with van der Waals surface area (Å²) in [7, 11) is 0. The van der Waals surface area contributed by atoms with Gasteiger partial charge < -0.3 is 4.57 Å². The second-order valence-electron chi connectivity index (χ2n) is 11.4. The van der Waals surface area contributed by atoms with Gasteiger partial charge in [0.1, 0.15) is 6.33 Å². The van der Waals surface area contributed by atoms with Gasteiger partial charge in [0.25, 0.3) is 0 Å². The highest BCUT2D eigenvalue weighted by Gasteiger charge is 2.18. The van der Waals surface area contributed by atoms with Crippen molar-refractivity contribution in [3.05, 3.63) is 140 Å². The van der Waals surface area contributed by atoms with E-state index in [2.05, 4.69) is 142 Å². The van der Waals surface area contributed by atoms with Crippen LogP contribution < -0.4 is 0 Å². The molecule has 0 aliphatic heterocycles. The smallest absolute Gasteiger partial charge is 0.116 e. The zero-order valence-electron chi connectivity index (χ0n) is 23.5. The summed E-state index contributed by atoms with van der Waals surface area (Å²) in [6.45, 7) is 0. The Morgan fingerprint density at radius 1 is 0.500 bits per heavy atom. The Labute approximate surface area is 256 Å². The van der Waals surface area contributed by atoms with Crippen molar-refractivity contribution in [1.82, 2.24) is 14.5 Å². The van der Waals surface area contributed by atoms with Gasteiger partial charge in [-0.05, 0) is 67.7 Å². The molecule has 204 valence electrons. The predicted molar refractivity (Wildman–Crippen MR) is 187 cm³/mol. The molecule has 3 heterocycles. The molecule has 0 fully saturated rings. The lowest BCUT2D eigenvalue weighted by Crippen LogP contribution is -1.94. The minimum atomic E-state index is 1.02. The van der Waals surface area contributed by atoms with E-state index in [1.807, 2.05) is 6.20 Å². The molecule has 0 aliphatic carbocycles. The van der Waals surface area contributed by atoms with Gasteiger partial charge in [-0.3, -0.25) is 0 Å². The normalized spacial score (nSPS) is 12.1. The second-order valence-corrected chi connectivity index (χ2v) is 12.5. The van der Waals surface area contributed by atoms with Gasteiger partial charge >= 0.3 is 0 Å². The lowest BCUT2D eigenvalue weighted by atomic mass is 9.92. The highest BCUT2D eigenvalue weighted by atomic mass is 32.1. The molecule has 0 bridgehead atoms. The quantitative estimate of drug-likeness (QED) is 0.191. The van der Waals surface area contributed by atoms with E-state index in [0.717, 1.165) is 15.9 Å². The molecule has 3 aromatic heterocycles. The number of hydrogen-bond donors (Lipinski definition) is 0. The summed E-state index contributed by atoms with van der Waals surface area (Å²) < 4.78 is 4.78. The molecule has 10 aromatic rings. The number of thiophene rings is 1. The number of fused-ring (bicyclic) bond motifs is 13. The van der Waals surface area contributed by atoms with Gasteiger partial charge in [0.05, 0.1) is 25.9 Å². The van der Waals surface area contributed by atoms with E-state index in [0.29, 0.717) is 0 Å². The highest BCUT2D eigenvalue weighted by Crippen LogP contribution is 2.43. The fourth-order valence-electron chi connectivity index (χ4n) is 7.20. The van der Waals surface area contributed by atoms with Gasteiger partial charge in [0.2, 0.25) is 0 Å². The van der Waals surface area contributed by atoms with E-state index < -0.39 is 0 Å². The van der Waals surface area contributed by atoms with Crippen LogP contribution in [0.25, 0.3) is 91.2 Å². The van der Waals surface area contributed by atoms with E-state index >= 15 is 0 Å². The topological polar surface area (TPSA) is 30.7 Å². The van der Waals surface area contributed by atoms with Crippen LogP contribution in [0.2, 0.25) is 0 Å². The summed E-state index contributed by atoms with van der Waals surface area (Å²) in [6, 6.07) is 46.7. The summed E-state index contributed by atoms with van der Waals surface area (Å²) >= 11 is 1.77. The standard InChI is InChI=1S/C40H23N3S/c1-2-12-29-27(10-1)28-11-3-4-13-30(28)35-21-25(16-17-31(29)35)24-8-7-9-26(20-24)43-36-15-6-5-14-32(36)33-18-19-34-38-37(22-41-23-42-38)44-40(34)39(33)43/h1-23H. The molecule has 0 saturated heterocycles. The maximum absolute atomic E-state index is 4.64. The summed E-state index contributed by atoms with van der Waals surface area (Å²) in [4.78, 5) is 8.95. The molecule has 0 N–H and O–H groups in total. The fraction of sp³-hybridized carbons (Fsp3) is 0. The van der Waals surface area contributed by atoms with Crippen LogP contribution in [-0.4, -0.2) is 14.5 Å². The Kier molecular flexibility index (Phi) is 4.87. The molecule has 0 radical (unpaired) electrons. The monoisotopic (exact) mass is 577 g/mol. The predicted octanol–water partition coefficient (Wildman–Crippen LogP) is 11.1. The summed E-state index contributed by atoms with van der Waals surface area (Å²) in [5.41, 5.74) is 6.99. The van der Waals surface area contributed by atoms with Gasteiger partial charge in [-0.15, -0.1) is 11.3 Å². The fourth-order valence-corrected chi connectivity index (χ4v) is 8.37. The number of hydrogen-bond acceptors (Lipinski definition) is 3. The zero-order chi connectivity index (χ0) is 28.8. The third-order valence-corrected chi connectivity index (χ3v) is 10.3. The van der Waals surface area contributed by atoms with Crippen molar-refractivity contribution in [2.45, 2.75) is 0 Å². The number of benzene rings is 7. The van der Waals surface area contributed by atoms with Crippen molar-refractivity contribution in [2.24, 2.45) is 0 Å². The molecule has 0 aliphatic rings. The Morgan fingerprint density at radius 2 is 1.14 bits per heavy atom. The minimum absolute atomic E-state index is 1.02. The Bertz CT molecular complexity index is 2750. The lowest BCUT2D eigenvalue weighted by Gasteiger charge is -2.13. The Balaban J connectivity index is 1.25. The molecule has 44 heavy (non-hydrogen) atoms. The van der Waals surface area contributed by atoms with Crippen molar-refractivity contribution in [2.75, 3.05) is 0 Å². The molecule has 4 heteroatoms. The second kappa shape index (κ2) is 8.96. The molecule has 7 aromatic carbocycles. The van der Waals surface area contributed by atoms with Crippen molar-refractivity contribution >= 4 is 85.8 Å². The van der Waals surface area contributed by atoms with Gasteiger partial charge in [-0.1, -0.05) is 103 Å². The minimum Gasteiger partial charge on any atom is -0.308 e. The van der Waals surface area contributed by atoms with E-state index in [4.69, 9.17) is 0 Å². The summed E-state index contributed by atoms with van der Waals surface area (Å²) in [6.07, 6.45) is 3.58. The van der Waals surface area contributed by atoms with Crippen molar-refractivity contribution in [3.8, 4) is 16.8 Å². The van der Waals surface area contributed by atoms with Crippen LogP contribution >= 0.6 is 11.3 Å². The van der Waals surface area contributed by atoms with Crippen molar-refractivity contribution in [3.63, 3.8) is 0 Å². The first-order valence-corrected chi connectivity index (χ1v) is 15.6. The van der Waals surface area contributed by atoms with E-state index in [9.17, 15) is 0 Å². The Hall–Kier alpha value is -5.58. The Morgan fingerprint density at radius 3 is 1.93 bits per heavy atom. The number of aromatic nitrogens is 3. The van der Waals surface area contributed by atoms with Crippen LogP contribution in [0.3, 0.4) is 0 Å². The molecule has 0 spiro atoms. The van der Waals surface area contributed by atoms with E-state index in [1.54, 1.807) is 17.7 Å².